The minimum absolute atomic E-state index is 0.299. The first-order valence-corrected chi connectivity index (χ1v) is 10.2. The zero-order chi connectivity index (χ0) is 18.8. The lowest BCUT2D eigenvalue weighted by molar-refractivity contribution is -0.107. The van der Waals surface area contributed by atoms with Crippen molar-refractivity contribution >= 4 is 0 Å². The average molecular weight is 357 g/mol. The van der Waals surface area contributed by atoms with Gasteiger partial charge < -0.3 is 14.2 Å². The highest BCUT2D eigenvalue weighted by Crippen LogP contribution is 2.09. The Morgan fingerprint density at radius 3 is 1.44 bits per heavy atom. The van der Waals surface area contributed by atoms with E-state index in [1.165, 1.54) is 77.0 Å². The molecule has 0 fully saturated rings. The predicted octanol–water partition coefficient (Wildman–Crippen LogP) is 7.03. The Morgan fingerprint density at radius 1 is 0.560 bits per heavy atom. The van der Waals surface area contributed by atoms with Crippen molar-refractivity contribution in [1.29, 1.82) is 0 Å². The molecule has 3 nitrogen and oxygen atoms in total. The summed E-state index contributed by atoms with van der Waals surface area (Å²) in [4.78, 5) is 0. The Bertz CT molecular complexity index is 258. The summed E-state index contributed by atoms with van der Waals surface area (Å²) in [5.41, 5.74) is 0. The molecule has 0 aromatic carbocycles. The van der Waals surface area contributed by atoms with Crippen LogP contribution in [0.25, 0.3) is 0 Å². The molecule has 0 rings (SSSR count). The second kappa shape index (κ2) is 28.2. The van der Waals surface area contributed by atoms with Gasteiger partial charge in [-0.15, -0.1) is 0 Å². The van der Waals surface area contributed by atoms with Crippen LogP contribution in [0.4, 0.5) is 0 Å². The van der Waals surface area contributed by atoms with Gasteiger partial charge in [-0.1, -0.05) is 76.7 Å². The van der Waals surface area contributed by atoms with Crippen LogP contribution in [0, 0.1) is 0 Å². The van der Waals surface area contributed by atoms with E-state index in [9.17, 15) is 0 Å². The zero-order valence-corrected chi connectivity index (χ0v) is 17.4. The number of hydrogen-bond donors (Lipinski definition) is 0. The third-order valence-corrected chi connectivity index (χ3v) is 3.69. The molecule has 0 amide bonds. The Balaban J connectivity index is 0. The lowest BCUT2D eigenvalue weighted by atomic mass is 10.1. The molecule has 25 heavy (non-hydrogen) atoms. The standard InChI is InChI=1S/C18H34.C4H10O3/c1-3-5-7-9-11-13-15-17-18-16-14-12-10-8-6-4-2;1-5-3-7-4-6-2/h5,7,10,12H,3-4,6,8-9,11,13-18H2,1-2H3;3-4H2,1-2H3. The fraction of sp³-hybridized carbons (Fsp3) is 0.818. The quantitative estimate of drug-likeness (QED) is 0.159. The van der Waals surface area contributed by atoms with Gasteiger partial charge in [-0.2, -0.15) is 0 Å². The first-order valence-electron chi connectivity index (χ1n) is 10.2. The van der Waals surface area contributed by atoms with Crippen molar-refractivity contribution in [1.82, 2.24) is 0 Å². The summed E-state index contributed by atoms with van der Waals surface area (Å²) in [5, 5.41) is 0. The van der Waals surface area contributed by atoms with Gasteiger partial charge in [-0.05, 0) is 38.5 Å². The van der Waals surface area contributed by atoms with Crippen molar-refractivity contribution in [2.24, 2.45) is 0 Å². The van der Waals surface area contributed by atoms with E-state index in [0.29, 0.717) is 13.6 Å². The summed E-state index contributed by atoms with van der Waals surface area (Å²) >= 11 is 0. The summed E-state index contributed by atoms with van der Waals surface area (Å²) in [6.07, 6.45) is 25.5. The number of hydrogen-bond acceptors (Lipinski definition) is 3. The number of unbranched alkanes of at least 4 members (excludes halogenated alkanes) is 9. The monoisotopic (exact) mass is 356 g/mol. The fourth-order valence-electron chi connectivity index (χ4n) is 2.27. The first kappa shape index (κ1) is 26.6. The minimum Gasteiger partial charge on any atom is -0.359 e. The predicted molar refractivity (Wildman–Crippen MR) is 110 cm³/mol. The van der Waals surface area contributed by atoms with Crippen molar-refractivity contribution in [3.63, 3.8) is 0 Å². The second-order valence-corrected chi connectivity index (χ2v) is 6.21. The summed E-state index contributed by atoms with van der Waals surface area (Å²) in [5.74, 6) is 0. The van der Waals surface area contributed by atoms with Gasteiger partial charge in [0.15, 0.2) is 0 Å². The highest BCUT2D eigenvalue weighted by atomic mass is 16.7. The van der Waals surface area contributed by atoms with Gasteiger partial charge in [-0.25, -0.2) is 0 Å². The van der Waals surface area contributed by atoms with Crippen LogP contribution in [0.2, 0.25) is 0 Å². The molecule has 0 N–H and O–H groups in total. The van der Waals surface area contributed by atoms with Crippen molar-refractivity contribution < 1.29 is 14.2 Å². The van der Waals surface area contributed by atoms with E-state index in [1.807, 2.05) is 0 Å². The molecular formula is C22H44O3. The van der Waals surface area contributed by atoms with Crippen LogP contribution in [0.1, 0.15) is 90.9 Å². The van der Waals surface area contributed by atoms with Gasteiger partial charge in [0.1, 0.15) is 13.6 Å². The minimum atomic E-state index is 0.299. The summed E-state index contributed by atoms with van der Waals surface area (Å²) < 4.78 is 13.8. The van der Waals surface area contributed by atoms with Gasteiger partial charge in [0.2, 0.25) is 0 Å². The molecule has 0 heterocycles. The zero-order valence-electron chi connectivity index (χ0n) is 17.4. The van der Waals surface area contributed by atoms with E-state index in [-0.39, 0.29) is 0 Å². The highest BCUT2D eigenvalue weighted by Gasteiger charge is 1.90. The van der Waals surface area contributed by atoms with Gasteiger partial charge >= 0.3 is 0 Å². The smallest absolute Gasteiger partial charge is 0.149 e. The Kier molecular flexibility index (Phi) is 30.0. The van der Waals surface area contributed by atoms with E-state index >= 15 is 0 Å². The maximum atomic E-state index is 4.69. The molecule has 0 aliphatic carbocycles. The largest absolute Gasteiger partial charge is 0.359 e. The molecule has 0 unspecified atom stereocenters. The van der Waals surface area contributed by atoms with Crippen LogP contribution >= 0.6 is 0 Å². The van der Waals surface area contributed by atoms with E-state index in [0.717, 1.165) is 0 Å². The maximum Gasteiger partial charge on any atom is 0.149 e. The van der Waals surface area contributed by atoms with Crippen LogP contribution in [0.15, 0.2) is 24.3 Å². The van der Waals surface area contributed by atoms with Crippen molar-refractivity contribution in [2.45, 2.75) is 90.9 Å². The van der Waals surface area contributed by atoms with Crippen LogP contribution in [-0.2, 0) is 14.2 Å². The summed E-state index contributed by atoms with van der Waals surface area (Å²) in [6.45, 7) is 5.06. The normalized spacial score (nSPS) is 11.2. The van der Waals surface area contributed by atoms with Crippen LogP contribution in [-0.4, -0.2) is 27.8 Å². The van der Waals surface area contributed by atoms with Crippen molar-refractivity contribution in [2.75, 3.05) is 27.8 Å². The van der Waals surface area contributed by atoms with E-state index in [1.54, 1.807) is 14.2 Å². The highest BCUT2D eigenvalue weighted by molar-refractivity contribution is 4.81. The average Bonchev–Trinajstić information content (AvgIpc) is 2.63. The maximum absolute atomic E-state index is 4.69. The van der Waals surface area contributed by atoms with E-state index in [4.69, 9.17) is 0 Å². The number of allylic oxidation sites excluding steroid dienone is 4. The SMILES string of the molecule is CCC=CCCCCCCCCC=CCCCC.COCOCOC. The molecule has 150 valence electrons. The van der Waals surface area contributed by atoms with Crippen molar-refractivity contribution in [3.8, 4) is 0 Å². The van der Waals surface area contributed by atoms with E-state index in [2.05, 4.69) is 52.4 Å². The molecule has 0 aliphatic heterocycles. The topological polar surface area (TPSA) is 27.7 Å². The molecule has 0 spiro atoms. The van der Waals surface area contributed by atoms with Gasteiger partial charge in [0.05, 0.1) is 0 Å². The lowest BCUT2D eigenvalue weighted by Crippen LogP contribution is -1.98. The van der Waals surface area contributed by atoms with Crippen LogP contribution in [0.3, 0.4) is 0 Å². The van der Waals surface area contributed by atoms with Gasteiger partial charge in [-0.3, -0.25) is 0 Å². The molecule has 0 saturated carbocycles. The van der Waals surface area contributed by atoms with Gasteiger partial charge in [0.25, 0.3) is 0 Å². The Labute approximate surface area is 157 Å². The second-order valence-electron chi connectivity index (χ2n) is 6.21. The number of methoxy groups -OCH3 is 2. The molecule has 0 atom stereocenters. The van der Waals surface area contributed by atoms with Crippen LogP contribution in [0.5, 0.6) is 0 Å². The lowest BCUT2D eigenvalue weighted by Gasteiger charge is -1.99. The molecule has 0 bridgehead atoms. The molecule has 0 saturated heterocycles. The first-order chi connectivity index (χ1) is 12.3. The Morgan fingerprint density at radius 2 is 1.00 bits per heavy atom. The third-order valence-electron chi connectivity index (χ3n) is 3.69. The van der Waals surface area contributed by atoms with Crippen LogP contribution < -0.4 is 0 Å². The number of ether oxygens (including phenoxy) is 3. The van der Waals surface area contributed by atoms with Crippen molar-refractivity contribution in [3.05, 3.63) is 24.3 Å². The molecule has 0 aromatic rings. The molecule has 0 aromatic heterocycles. The molecular weight excluding hydrogens is 312 g/mol. The fourth-order valence-corrected chi connectivity index (χ4v) is 2.27. The molecule has 0 radical (unpaired) electrons. The Hall–Kier alpha value is -0.640. The van der Waals surface area contributed by atoms with Gasteiger partial charge in [0, 0.05) is 14.2 Å². The molecule has 0 aliphatic rings. The number of rotatable bonds is 17. The summed E-state index contributed by atoms with van der Waals surface area (Å²) in [6, 6.07) is 0. The third kappa shape index (κ3) is 31.6. The summed E-state index contributed by atoms with van der Waals surface area (Å²) in [7, 11) is 3.13. The molecule has 3 heteroatoms. The van der Waals surface area contributed by atoms with E-state index < -0.39 is 0 Å².